The van der Waals surface area contributed by atoms with E-state index in [1.54, 1.807) is 4.90 Å². The molecule has 1 aliphatic heterocycles. The minimum absolute atomic E-state index is 0.157. The summed E-state index contributed by atoms with van der Waals surface area (Å²) in [6.45, 7) is 1.26. The highest BCUT2D eigenvalue weighted by molar-refractivity contribution is 7.88. The molecule has 1 amide bonds. The van der Waals surface area contributed by atoms with E-state index in [-0.39, 0.29) is 19.0 Å². The highest BCUT2D eigenvalue weighted by Crippen LogP contribution is 2.40. The van der Waals surface area contributed by atoms with E-state index in [0.717, 1.165) is 6.26 Å². The minimum Gasteiger partial charge on any atom is -0.481 e. The number of hydrogen-bond acceptors (Lipinski definition) is 4. The van der Waals surface area contributed by atoms with Gasteiger partial charge in [0.15, 0.2) is 0 Å². The predicted octanol–water partition coefficient (Wildman–Crippen LogP) is -1.19. The van der Waals surface area contributed by atoms with Crippen molar-refractivity contribution >= 4 is 21.9 Å². The van der Waals surface area contributed by atoms with Gasteiger partial charge in [0.2, 0.25) is 15.9 Å². The van der Waals surface area contributed by atoms with Crippen LogP contribution < -0.4 is 0 Å². The summed E-state index contributed by atoms with van der Waals surface area (Å²) in [6.07, 6.45) is 1.55. The van der Waals surface area contributed by atoms with Crippen LogP contribution >= 0.6 is 0 Å². The van der Waals surface area contributed by atoms with Gasteiger partial charge in [-0.2, -0.15) is 4.31 Å². The second kappa shape index (κ2) is 4.51. The lowest BCUT2D eigenvalue weighted by atomic mass is 10.2. The molecule has 1 saturated heterocycles. The van der Waals surface area contributed by atoms with Crippen molar-refractivity contribution in [3.63, 3.8) is 0 Å². The van der Waals surface area contributed by atoms with Crippen molar-refractivity contribution in [2.45, 2.75) is 6.42 Å². The van der Waals surface area contributed by atoms with Gasteiger partial charge in [-0.05, 0) is 6.42 Å². The number of aliphatic carboxylic acids is 1. The molecule has 2 fully saturated rings. The average molecular weight is 276 g/mol. The van der Waals surface area contributed by atoms with Crippen molar-refractivity contribution < 1.29 is 23.1 Å². The molecule has 0 aromatic heterocycles. The first kappa shape index (κ1) is 13.3. The van der Waals surface area contributed by atoms with Crippen LogP contribution in [0, 0.1) is 11.8 Å². The zero-order valence-electron chi connectivity index (χ0n) is 10.1. The number of carbonyl (C=O) groups is 2. The summed E-state index contributed by atoms with van der Waals surface area (Å²) in [5.74, 6) is -2.05. The van der Waals surface area contributed by atoms with E-state index in [4.69, 9.17) is 5.11 Å². The van der Waals surface area contributed by atoms with Crippen molar-refractivity contribution in [1.29, 1.82) is 0 Å². The Hall–Kier alpha value is -1.15. The van der Waals surface area contributed by atoms with E-state index >= 15 is 0 Å². The first-order valence-electron chi connectivity index (χ1n) is 5.77. The molecule has 7 nitrogen and oxygen atoms in total. The lowest BCUT2D eigenvalue weighted by Gasteiger charge is -2.33. The van der Waals surface area contributed by atoms with E-state index in [1.165, 1.54) is 4.31 Å². The number of rotatable bonds is 3. The Labute approximate surface area is 105 Å². The summed E-state index contributed by atoms with van der Waals surface area (Å²) in [7, 11) is -3.20. The fourth-order valence-corrected chi connectivity index (χ4v) is 3.04. The smallest absolute Gasteiger partial charge is 0.307 e. The second-order valence-electron chi connectivity index (χ2n) is 4.77. The molecule has 0 aromatic carbocycles. The lowest BCUT2D eigenvalue weighted by Crippen LogP contribution is -2.50. The van der Waals surface area contributed by atoms with Crippen molar-refractivity contribution in [1.82, 2.24) is 9.21 Å². The van der Waals surface area contributed by atoms with Gasteiger partial charge < -0.3 is 10.0 Å². The first-order chi connectivity index (χ1) is 8.30. The van der Waals surface area contributed by atoms with Crippen LogP contribution in [-0.2, 0) is 19.6 Å². The van der Waals surface area contributed by atoms with Crippen molar-refractivity contribution in [2.24, 2.45) is 11.8 Å². The lowest BCUT2D eigenvalue weighted by molar-refractivity contribution is -0.142. The van der Waals surface area contributed by atoms with Gasteiger partial charge in [0.1, 0.15) is 0 Å². The number of carbonyl (C=O) groups excluding carboxylic acids is 1. The Balaban J connectivity index is 1.88. The molecule has 0 aromatic rings. The molecule has 8 heteroatoms. The molecule has 2 aliphatic rings. The molecule has 2 atom stereocenters. The van der Waals surface area contributed by atoms with E-state index in [1.807, 2.05) is 0 Å². The first-order valence-corrected chi connectivity index (χ1v) is 7.62. The normalized spacial score (nSPS) is 29.1. The van der Waals surface area contributed by atoms with Crippen LogP contribution in [0.15, 0.2) is 0 Å². The molecule has 1 saturated carbocycles. The zero-order valence-corrected chi connectivity index (χ0v) is 10.9. The van der Waals surface area contributed by atoms with Gasteiger partial charge in [-0.3, -0.25) is 9.59 Å². The van der Waals surface area contributed by atoms with Gasteiger partial charge in [0.25, 0.3) is 0 Å². The molecule has 1 heterocycles. The summed E-state index contributed by atoms with van der Waals surface area (Å²) in [5.41, 5.74) is 0. The van der Waals surface area contributed by atoms with Crippen LogP contribution in [0.2, 0.25) is 0 Å². The number of carboxylic acid groups (broad SMARTS) is 1. The van der Waals surface area contributed by atoms with Crippen molar-refractivity contribution in [2.75, 3.05) is 32.4 Å². The molecule has 102 valence electrons. The second-order valence-corrected chi connectivity index (χ2v) is 6.76. The third-order valence-corrected chi connectivity index (χ3v) is 4.75. The Bertz CT molecular complexity index is 467. The van der Waals surface area contributed by atoms with E-state index in [2.05, 4.69) is 0 Å². The number of nitrogens with zero attached hydrogens (tertiary/aromatic N) is 2. The third kappa shape index (κ3) is 2.64. The Morgan fingerprint density at radius 2 is 1.67 bits per heavy atom. The maximum absolute atomic E-state index is 11.9. The Morgan fingerprint density at radius 1 is 1.11 bits per heavy atom. The van der Waals surface area contributed by atoms with Crippen LogP contribution in [-0.4, -0.2) is 67.0 Å². The van der Waals surface area contributed by atoms with E-state index in [9.17, 15) is 18.0 Å². The van der Waals surface area contributed by atoms with Crippen LogP contribution in [0.5, 0.6) is 0 Å². The summed E-state index contributed by atoms with van der Waals surface area (Å²) >= 11 is 0. The minimum atomic E-state index is -3.20. The highest BCUT2D eigenvalue weighted by atomic mass is 32.2. The zero-order chi connectivity index (χ0) is 13.5. The number of carboxylic acids is 1. The number of sulfonamides is 1. The standard InChI is InChI=1S/C10H16N2O5S/c1-18(16,17)12-4-2-11(3-5-12)9(13)7-6-8(7)10(14)15/h7-8H,2-6H2,1H3,(H,14,15)/t7-,8+/m1/s1. The molecule has 2 rings (SSSR count). The topological polar surface area (TPSA) is 95.0 Å². The summed E-state index contributed by atoms with van der Waals surface area (Å²) in [5, 5.41) is 8.76. The van der Waals surface area contributed by atoms with Crippen LogP contribution in [0.25, 0.3) is 0 Å². The molecule has 1 aliphatic carbocycles. The van der Waals surface area contributed by atoms with Crippen molar-refractivity contribution in [3.05, 3.63) is 0 Å². The largest absolute Gasteiger partial charge is 0.481 e. The van der Waals surface area contributed by atoms with Crippen molar-refractivity contribution in [3.8, 4) is 0 Å². The molecular formula is C10H16N2O5S. The monoisotopic (exact) mass is 276 g/mol. The molecule has 0 unspecified atom stereocenters. The molecule has 0 radical (unpaired) electrons. The van der Waals surface area contributed by atoms with E-state index in [0.29, 0.717) is 19.5 Å². The SMILES string of the molecule is CS(=O)(=O)N1CCN(C(=O)[C@@H]2C[C@@H]2C(=O)O)CC1. The Morgan fingerprint density at radius 3 is 2.06 bits per heavy atom. The summed E-state index contributed by atoms with van der Waals surface area (Å²) in [6, 6.07) is 0. The van der Waals surface area contributed by atoms with Crippen LogP contribution in [0.1, 0.15) is 6.42 Å². The molecule has 0 bridgehead atoms. The highest BCUT2D eigenvalue weighted by Gasteiger charge is 2.50. The average Bonchev–Trinajstić information content (AvgIpc) is 3.07. The third-order valence-electron chi connectivity index (χ3n) is 3.44. The fourth-order valence-electron chi connectivity index (χ4n) is 2.22. The summed E-state index contributed by atoms with van der Waals surface area (Å²) in [4.78, 5) is 24.2. The molecule has 1 N–H and O–H groups in total. The molecule has 18 heavy (non-hydrogen) atoms. The number of hydrogen-bond donors (Lipinski definition) is 1. The van der Waals surface area contributed by atoms with E-state index < -0.39 is 27.8 Å². The van der Waals surface area contributed by atoms with Gasteiger partial charge in [0.05, 0.1) is 18.1 Å². The maximum Gasteiger partial charge on any atom is 0.307 e. The van der Waals surface area contributed by atoms with Gasteiger partial charge in [-0.25, -0.2) is 8.42 Å². The maximum atomic E-state index is 11.9. The molecular weight excluding hydrogens is 260 g/mol. The van der Waals surface area contributed by atoms with Gasteiger partial charge in [-0.15, -0.1) is 0 Å². The van der Waals surface area contributed by atoms with Gasteiger partial charge >= 0.3 is 5.97 Å². The number of piperazine rings is 1. The fraction of sp³-hybridized carbons (Fsp3) is 0.800. The Kier molecular flexibility index (Phi) is 3.33. The van der Waals surface area contributed by atoms with Crippen LogP contribution in [0.4, 0.5) is 0 Å². The molecule has 0 spiro atoms. The number of amides is 1. The van der Waals surface area contributed by atoms with Gasteiger partial charge in [-0.1, -0.05) is 0 Å². The van der Waals surface area contributed by atoms with Gasteiger partial charge in [0, 0.05) is 26.2 Å². The van der Waals surface area contributed by atoms with Crippen LogP contribution in [0.3, 0.4) is 0 Å². The summed E-state index contributed by atoms with van der Waals surface area (Å²) < 4.78 is 23.9. The predicted molar refractivity (Wildman–Crippen MR) is 62.2 cm³/mol. The quantitative estimate of drug-likeness (QED) is 0.699.